The summed E-state index contributed by atoms with van der Waals surface area (Å²) in [5.74, 6) is -3.50. The number of nitrogens with zero attached hydrogens (tertiary/aromatic N) is 1. The average Bonchev–Trinajstić information content (AvgIpc) is 3.41. The quantitative estimate of drug-likeness (QED) is 0.201. The van der Waals surface area contributed by atoms with E-state index in [1.54, 1.807) is 60.7 Å². The second kappa shape index (κ2) is 13.0. The van der Waals surface area contributed by atoms with Crippen molar-refractivity contribution >= 4 is 19.4 Å². The van der Waals surface area contributed by atoms with E-state index in [1.165, 1.54) is 0 Å². The summed E-state index contributed by atoms with van der Waals surface area (Å²) in [6, 6.07) is 28.8. The predicted octanol–water partition coefficient (Wildman–Crippen LogP) is 5.35. The molecular weight excluding hydrogens is 519 g/mol. The molecule has 0 fully saturated rings. The molecule has 0 saturated carbocycles. The molecule has 3 aromatic carbocycles. The summed E-state index contributed by atoms with van der Waals surface area (Å²) in [6.45, 7) is -0.0204. The minimum atomic E-state index is -4.27. The van der Waals surface area contributed by atoms with Crippen LogP contribution in [0.15, 0.2) is 102 Å². The number of carbonyl (C=O) groups is 2. The van der Waals surface area contributed by atoms with Crippen LogP contribution in [-0.2, 0) is 33.5 Å². The molecule has 1 heterocycles. The molecule has 3 N–H and O–H groups in total. The number of benzene rings is 3. The van der Waals surface area contributed by atoms with Gasteiger partial charge in [0.1, 0.15) is 23.8 Å². The molecular formula is C29H29N2O7P. The number of ether oxygens (including phenoxy) is 1. The number of rotatable bonds is 12. The fraction of sp³-hybridized carbons (Fsp3) is 0.207. The number of carbonyl (C=O) groups excluding carboxylic acids is 1. The van der Waals surface area contributed by atoms with Crippen LogP contribution in [0.3, 0.4) is 0 Å². The predicted molar refractivity (Wildman–Crippen MR) is 145 cm³/mol. The first kappa shape index (κ1) is 27.8. The highest BCUT2D eigenvalue weighted by atomic mass is 31.2. The first-order chi connectivity index (χ1) is 18.8. The number of carboxylic acid groups (broad SMARTS) is 1. The van der Waals surface area contributed by atoms with Gasteiger partial charge in [-0.1, -0.05) is 96.2 Å². The Morgan fingerprint density at radius 3 is 2.10 bits per heavy atom. The van der Waals surface area contributed by atoms with Gasteiger partial charge >= 0.3 is 12.1 Å². The number of aromatic nitrogens is 1. The summed E-state index contributed by atoms with van der Waals surface area (Å²) in [6.07, 6.45) is -1.58. The zero-order chi connectivity index (χ0) is 27.7. The molecule has 0 spiro atoms. The zero-order valence-electron chi connectivity index (χ0n) is 21.1. The summed E-state index contributed by atoms with van der Waals surface area (Å²) in [4.78, 5) is 35.8. The second-order valence-electron chi connectivity index (χ2n) is 9.13. The summed E-state index contributed by atoms with van der Waals surface area (Å²) >= 11 is 0. The number of aliphatic carboxylic acids is 1. The van der Waals surface area contributed by atoms with Gasteiger partial charge in [-0.15, -0.1) is 0 Å². The number of hydrogen-bond acceptors (Lipinski definition) is 6. The molecule has 0 radical (unpaired) electrons. The van der Waals surface area contributed by atoms with Crippen LogP contribution in [0.25, 0.3) is 11.3 Å². The fourth-order valence-corrected chi connectivity index (χ4v) is 6.08. The van der Waals surface area contributed by atoms with Gasteiger partial charge in [0.05, 0.1) is 5.92 Å². The van der Waals surface area contributed by atoms with Crippen LogP contribution in [0.5, 0.6) is 0 Å². The molecule has 0 bridgehead atoms. The highest BCUT2D eigenvalue weighted by Gasteiger charge is 2.38. The molecule has 9 nitrogen and oxygen atoms in total. The topological polar surface area (TPSA) is 139 Å². The van der Waals surface area contributed by atoms with Gasteiger partial charge < -0.3 is 24.6 Å². The maximum Gasteiger partial charge on any atom is 0.408 e. The normalized spacial score (nSPS) is 14.1. The molecule has 202 valence electrons. The molecule has 0 aliphatic rings. The minimum absolute atomic E-state index is 0.0157. The first-order valence-corrected chi connectivity index (χ1v) is 14.3. The van der Waals surface area contributed by atoms with Gasteiger partial charge in [0.25, 0.3) is 0 Å². The van der Waals surface area contributed by atoms with Gasteiger partial charge in [0, 0.05) is 30.6 Å². The third-order valence-corrected chi connectivity index (χ3v) is 8.41. The zero-order valence-corrected chi connectivity index (χ0v) is 21.9. The van der Waals surface area contributed by atoms with Gasteiger partial charge in [-0.25, -0.2) is 4.79 Å². The smallest absolute Gasteiger partial charge is 0.408 e. The molecule has 0 aliphatic heterocycles. The van der Waals surface area contributed by atoms with Gasteiger partial charge in [-0.3, -0.25) is 9.36 Å². The van der Waals surface area contributed by atoms with Crippen molar-refractivity contribution in [1.82, 2.24) is 10.5 Å². The maximum absolute atomic E-state index is 13.6. The van der Waals surface area contributed by atoms with Gasteiger partial charge in [-0.2, -0.15) is 0 Å². The maximum atomic E-state index is 13.6. The van der Waals surface area contributed by atoms with Crippen LogP contribution in [-0.4, -0.2) is 39.2 Å². The lowest BCUT2D eigenvalue weighted by Crippen LogP contribution is -2.38. The van der Waals surface area contributed by atoms with E-state index in [2.05, 4.69) is 10.5 Å². The van der Waals surface area contributed by atoms with Crippen LogP contribution in [0.1, 0.15) is 16.9 Å². The van der Waals surface area contributed by atoms with E-state index in [4.69, 9.17) is 9.26 Å². The number of carboxylic acids is 1. The molecule has 1 aromatic heterocycles. The average molecular weight is 549 g/mol. The van der Waals surface area contributed by atoms with Crippen LogP contribution >= 0.6 is 7.37 Å². The van der Waals surface area contributed by atoms with E-state index in [-0.39, 0.29) is 25.2 Å². The Hall–Kier alpha value is -4.20. The standard InChI is InChI=1S/C29H29N2O7P/c32-28(33)24(17-25-18-26(31-38-25)23-14-8-3-9-15-23)20-39(35,36)27(16-21-10-4-1-5-11-21)30-29(34)37-19-22-12-6-2-7-13-22/h1-15,18,24,27H,16-17,19-20H2,(H,30,34)(H,32,33)(H,35,36). The summed E-state index contributed by atoms with van der Waals surface area (Å²) in [7, 11) is -4.27. The molecule has 4 aromatic rings. The highest BCUT2D eigenvalue weighted by Crippen LogP contribution is 2.48. The summed E-state index contributed by atoms with van der Waals surface area (Å²) in [5.41, 5.74) is 2.79. The number of nitrogens with one attached hydrogen (secondary N) is 1. The summed E-state index contributed by atoms with van der Waals surface area (Å²) < 4.78 is 24.2. The Bertz CT molecular complexity index is 1410. The van der Waals surface area contributed by atoms with E-state index in [1.807, 2.05) is 36.4 Å². The monoisotopic (exact) mass is 548 g/mol. The molecule has 1 amide bonds. The van der Waals surface area contributed by atoms with Crippen LogP contribution in [0.4, 0.5) is 4.79 Å². The Balaban J connectivity index is 1.48. The van der Waals surface area contributed by atoms with Crippen molar-refractivity contribution in [1.29, 1.82) is 0 Å². The Morgan fingerprint density at radius 1 is 0.897 bits per heavy atom. The van der Waals surface area contributed by atoms with Gasteiger partial charge in [0.2, 0.25) is 7.37 Å². The molecule has 3 unspecified atom stereocenters. The third-order valence-electron chi connectivity index (χ3n) is 6.16. The van der Waals surface area contributed by atoms with Crippen molar-refractivity contribution in [3.63, 3.8) is 0 Å². The van der Waals surface area contributed by atoms with Crippen molar-refractivity contribution in [2.45, 2.75) is 25.2 Å². The SMILES string of the molecule is O=C(NC(Cc1ccccc1)P(=O)(O)CC(Cc1cc(-c2ccccc2)no1)C(=O)O)OCc1ccccc1. The number of hydrogen-bond donors (Lipinski definition) is 3. The van der Waals surface area contributed by atoms with Gasteiger partial charge in [0.15, 0.2) is 0 Å². The van der Waals surface area contributed by atoms with Crippen LogP contribution in [0, 0.1) is 5.92 Å². The fourth-order valence-electron chi connectivity index (χ4n) is 4.10. The largest absolute Gasteiger partial charge is 0.481 e. The Labute approximate surface area is 225 Å². The lowest BCUT2D eigenvalue weighted by atomic mass is 10.1. The first-order valence-electron chi connectivity index (χ1n) is 12.4. The van der Waals surface area contributed by atoms with Crippen molar-refractivity contribution in [3.8, 4) is 11.3 Å². The molecule has 39 heavy (non-hydrogen) atoms. The van der Waals surface area contributed by atoms with E-state index in [0.717, 1.165) is 11.1 Å². The van der Waals surface area contributed by atoms with Gasteiger partial charge in [-0.05, 0) is 11.1 Å². The van der Waals surface area contributed by atoms with E-state index < -0.39 is 37.3 Å². The Kier molecular flexibility index (Phi) is 9.31. The third kappa shape index (κ3) is 8.14. The number of alkyl carbamates (subject to hydrolysis) is 1. The highest BCUT2D eigenvalue weighted by molar-refractivity contribution is 7.58. The van der Waals surface area contributed by atoms with E-state index >= 15 is 0 Å². The van der Waals surface area contributed by atoms with Crippen LogP contribution < -0.4 is 5.32 Å². The summed E-state index contributed by atoms with van der Waals surface area (Å²) in [5, 5.41) is 16.4. The number of amides is 1. The lowest BCUT2D eigenvalue weighted by Gasteiger charge is -2.26. The molecule has 3 atom stereocenters. The van der Waals surface area contributed by atoms with Crippen molar-refractivity contribution in [2.75, 3.05) is 6.16 Å². The van der Waals surface area contributed by atoms with Crippen molar-refractivity contribution in [3.05, 3.63) is 114 Å². The molecule has 0 aliphatic carbocycles. The van der Waals surface area contributed by atoms with E-state index in [0.29, 0.717) is 11.3 Å². The molecule has 10 heteroatoms. The van der Waals surface area contributed by atoms with Crippen molar-refractivity contribution < 1.29 is 33.4 Å². The molecule has 4 rings (SSSR count). The lowest BCUT2D eigenvalue weighted by molar-refractivity contribution is -0.141. The van der Waals surface area contributed by atoms with E-state index in [9.17, 15) is 24.2 Å². The Morgan fingerprint density at radius 2 is 1.49 bits per heavy atom. The van der Waals surface area contributed by atoms with Crippen molar-refractivity contribution in [2.24, 2.45) is 5.92 Å². The minimum Gasteiger partial charge on any atom is -0.481 e. The second-order valence-corrected chi connectivity index (χ2v) is 11.6. The molecule has 0 saturated heterocycles. The van der Waals surface area contributed by atoms with Crippen LogP contribution in [0.2, 0.25) is 0 Å².